The maximum absolute atomic E-state index is 12.9. The average Bonchev–Trinajstić information content (AvgIpc) is 3.16. The number of nitrogens with zero attached hydrogens (tertiary/aromatic N) is 2. The predicted molar refractivity (Wildman–Crippen MR) is 104 cm³/mol. The summed E-state index contributed by atoms with van der Waals surface area (Å²) in [7, 11) is 0. The first kappa shape index (κ1) is 16.9. The van der Waals surface area contributed by atoms with Gasteiger partial charge in [0.1, 0.15) is 5.82 Å². The molecule has 2 aromatic rings. The number of ketones is 1. The zero-order chi connectivity index (χ0) is 18.3. The van der Waals surface area contributed by atoms with E-state index in [1.54, 1.807) is 23.5 Å². The lowest BCUT2D eigenvalue weighted by molar-refractivity contribution is -0.116. The molecule has 0 unspecified atom stereocenters. The minimum Gasteiger partial charge on any atom is -0.384 e. The van der Waals surface area contributed by atoms with Gasteiger partial charge in [0.25, 0.3) is 0 Å². The molecule has 0 amide bonds. The molecule has 1 aromatic heterocycles. The Morgan fingerprint density at radius 1 is 1.23 bits per heavy atom. The van der Waals surface area contributed by atoms with Crippen molar-refractivity contribution in [2.24, 2.45) is 5.73 Å². The van der Waals surface area contributed by atoms with Crippen LogP contribution in [0.3, 0.4) is 0 Å². The van der Waals surface area contributed by atoms with Crippen LogP contribution in [-0.2, 0) is 4.79 Å². The van der Waals surface area contributed by atoms with E-state index >= 15 is 0 Å². The molecule has 130 valence electrons. The molecule has 4 nitrogen and oxygen atoms in total. The van der Waals surface area contributed by atoms with Crippen molar-refractivity contribution in [3.8, 4) is 6.07 Å². The average molecular weight is 382 g/mol. The molecule has 2 aliphatic rings. The van der Waals surface area contributed by atoms with Crippen molar-refractivity contribution in [2.75, 3.05) is 4.90 Å². The summed E-state index contributed by atoms with van der Waals surface area (Å²) >= 11 is 7.56. The van der Waals surface area contributed by atoms with Crippen molar-refractivity contribution in [3.05, 3.63) is 74.3 Å². The lowest BCUT2D eigenvalue weighted by Gasteiger charge is -2.39. The summed E-state index contributed by atoms with van der Waals surface area (Å²) < 4.78 is 0. The van der Waals surface area contributed by atoms with Gasteiger partial charge in [-0.1, -0.05) is 17.7 Å². The highest BCUT2D eigenvalue weighted by Crippen LogP contribution is 2.47. The van der Waals surface area contributed by atoms with Crippen molar-refractivity contribution < 1.29 is 4.79 Å². The summed E-state index contributed by atoms with van der Waals surface area (Å²) in [6.07, 6.45) is 2.05. The summed E-state index contributed by atoms with van der Waals surface area (Å²) in [4.78, 5) is 15.7. The SMILES string of the molecule is N#CC1=C(N)N(c2ccc(Cl)cc2)C2=C(C(=O)CCC2)[C@@H]1c1cccs1. The molecule has 6 heteroatoms. The van der Waals surface area contributed by atoms with Gasteiger partial charge in [0, 0.05) is 33.3 Å². The van der Waals surface area contributed by atoms with Gasteiger partial charge in [-0.15, -0.1) is 11.3 Å². The Kier molecular flexibility index (Phi) is 4.31. The van der Waals surface area contributed by atoms with E-state index in [1.807, 2.05) is 34.5 Å². The standard InChI is InChI=1S/C20H16ClN3OS/c21-12-6-8-13(9-7-12)24-15-3-1-4-16(25)19(15)18(14(11-22)20(24)23)17-5-2-10-26-17/h2,5-10,18H,1,3-4,23H2/t18-/m0/s1. The molecule has 26 heavy (non-hydrogen) atoms. The number of benzene rings is 1. The van der Waals surface area contributed by atoms with Crippen molar-refractivity contribution in [1.82, 2.24) is 0 Å². The van der Waals surface area contributed by atoms with Crippen LogP contribution in [-0.4, -0.2) is 5.78 Å². The highest BCUT2D eigenvalue weighted by molar-refractivity contribution is 7.10. The van der Waals surface area contributed by atoms with Crippen LogP contribution < -0.4 is 10.6 Å². The molecule has 0 radical (unpaired) electrons. The first-order valence-corrected chi connectivity index (χ1v) is 9.62. The van der Waals surface area contributed by atoms with Crippen molar-refractivity contribution in [2.45, 2.75) is 25.2 Å². The van der Waals surface area contributed by atoms with E-state index in [1.165, 1.54) is 0 Å². The van der Waals surface area contributed by atoms with E-state index < -0.39 is 0 Å². The number of thiophene rings is 1. The minimum atomic E-state index is -0.369. The van der Waals surface area contributed by atoms with E-state index in [4.69, 9.17) is 17.3 Å². The normalized spacial score (nSPS) is 20.2. The Morgan fingerprint density at radius 3 is 2.65 bits per heavy atom. The van der Waals surface area contributed by atoms with Gasteiger partial charge in [0.2, 0.25) is 0 Å². The Labute approximate surface area is 160 Å². The van der Waals surface area contributed by atoms with Gasteiger partial charge in [-0.05, 0) is 48.6 Å². The van der Waals surface area contributed by atoms with Crippen LogP contribution in [0.1, 0.15) is 30.1 Å². The molecule has 1 atom stereocenters. The summed E-state index contributed by atoms with van der Waals surface area (Å²) in [6, 6.07) is 13.5. The molecular formula is C20H16ClN3OS. The highest BCUT2D eigenvalue weighted by Gasteiger charge is 2.40. The van der Waals surface area contributed by atoms with Crippen LogP contribution in [0.25, 0.3) is 0 Å². The molecule has 0 spiro atoms. The van der Waals surface area contributed by atoms with Gasteiger partial charge < -0.3 is 5.73 Å². The van der Waals surface area contributed by atoms with Gasteiger partial charge in [0.05, 0.1) is 17.6 Å². The third kappa shape index (κ3) is 2.63. The van der Waals surface area contributed by atoms with Gasteiger partial charge >= 0.3 is 0 Å². The second-order valence-electron chi connectivity index (χ2n) is 6.31. The topological polar surface area (TPSA) is 70.1 Å². The number of hydrogen-bond acceptors (Lipinski definition) is 5. The molecule has 0 saturated carbocycles. The molecule has 4 rings (SSSR count). The first-order chi connectivity index (χ1) is 12.6. The Bertz CT molecular complexity index is 967. The Balaban J connectivity index is 1.96. The number of hydrogen-bond donors (Lipinski definition) is 1. The molecule has 0 fully saturated rings. The van der Waals surface area contributed by atoms with Gasteiger partial charge in [-0.3, -0.25) is 9.69 Å². The van der Waals surface area contributed by atoms with Crippen molar-refractivity contribution >= 4 is 34.4 Å². The number of rotatable bonds is 2. The third-order valence-corrected chi connectivity index (χ3v) is 6.01. The fraction of sp³-hybridized carbons (Fsp3) is 0.200. The molecule has 0 saturated heterocycles. The Morgan fingerprint density at radius 2 is 2.00 bits per heavy atom. The third-order valence-electron chi connectivity index (χ3n) is 4.83. The van der Waals surface area contributed by atoms with Crippen LogP contribution in [0.2, 0.25) is 5.02 Å². The van der Waals surface area contributed by atoms with Crippen LogP contribution in [0.15, 0.2) is 64.4 Å². The van der Waals surface area contributed by atoms with Crippen LogP contribution in [0.5, 0.6) is 0 Å². The summed E-state index contributed by atoms with van der Waals surface area (Å²) in [5.74, 6) is 0.122. The summed E-state index contributed by atoms with van der Waals surface area (Å²) in [5, 5.41) is 12.4. The number of halogens is 1. The largest absolute Gasteiger partial charge is 0.384 e. The molecule has 1 aromatic carbocycles. The van der Waals surface area contributed by atoms with Gasteiger partial charge in [-0.2, -0.15) is 5.26 Å². The number of carbonyl (C=O) groups is 1. The number of Topliss-reactive ketones (excluding diaryl/α,β-unsaturated/α-hetero) is 1. The van der Waals surface area contributed by atoms with Crippen LogP contribution >= 0.6 is 22.9 Å². The van der Waals surface area contributed by atoms with Crippen molar-refractivity contribution in [1.29, 1.82) is 5.26 Å². The zero-order valence-electron chi connectivity index (χ0n) is 13.9. The second-order valence-corrected chi connectivity index (χ2v) is 7.72. The zero-order valence-corrected chi connectivity index (χ0v) is 15.5. The van der Waals surface area contributed by atoms with Crippen molar-refractivity contribution in [3.63, 3.8) is 0 Å². The maximum Gasteiger partial charge on any atom is 0.161 e. The fourth-order valence-corrected chi connectivity index (χ4v) is 4.68. The van der Waals surface area contributed by atoms with E-state index in [-0.39, 0.29) is 11.7 Å². The van der Waals surface area contributed by atoms with E-state index in [0.717, 1.165) is 29.1 Å². The monoisotopic (exact) mass is 381 g/mol. The molecule has 1 aliphatic carbocycles. The van der Waals surface area contributed by atoms with E-state index in [9.17, 15) is 10.1 Å². The number of nitriles is 1. The predicted octanol–water partition coefficient (Wildman–Crippen LogP) is 4.71. The highest BCUT2D eigenvalue weighted by atomic mass is 35.5. The number of allylic oxidation sites excluding steroid dienone is 3. The summed E-state index contributed by atoms with van der Waals surface area (Å²) in [5.41, 5.74) is 9.31. The maximum atomic E-state index is 12.9. The molecule has 2 N–H and O–H groups in total. The number of nitrogens with two attached hydrogens (primary N) is 1. The van der Waals surface area contributed by atoms with Gasteiger partial charge in [0.15, 0.2) is 5.78 Å². The van der Waals surface area contributed by atoms with E-state index in [0.29, 0.717) is 28.4 Å². The molecular weight excluding hydrogens is 366 g/mol. The lowest BCUT2D eigenvalue weighted by atomic mass is 9.78. The van der Waals surface area contributed by atoms with Crippen LogP contribution in [0, 0.1) is 11.3 Å². The molecule has 2 heterocycles. The molecule has 0 bridgehead atoms. The lowest BCUT2D eigenvalue weighted by Crippen LogP contribution is -2.38. The smallest absolute Gasteiger partial charge is 0.161 e. The summed E-state index contributed by atoms with van der Waals surface area (Å²) in [6.45, 7) is 0. The number of anilines is 1. The Hall–Kier alpha value is -2.55. The fourth-order valence-electron chi connectivity index (χ4n) is 3.71. The second kappa shape index (κ2) is 6.64. The van der Waals surface area contributed by atoms with Gasteiger partial charge in [-0.25, -0.2) is 0 Å². The minimum absolute atomic E-state index is 0.101. The first-order valence-electron chi connectivity index (χ1n) is 8.37. The van der Waals surface area contributed by atoms with Crippen LogP contribution in [0.4, 0.5) is 5.69 Å². The number of carbonyl (C=O) groups excluding carboxylic acids is 1. The quantitative estimate of drug-likeness (QED) is 0.818. The van der Waals surface area contributed by atoms with E-state index in [2.05, 4.69) is 6.07 Å². The molecule has 1 aliphatic heterocycles.